The van der Waals surface area contributed by atoms with Gasteiger partial charge in [0.25, 0.3) is 0 Å². The van der Waals surface area contributed by atoms with Crippen LogP contribution in [0.2, 0.25) is 0 Å². The van der Waals surface area contributed by atoms with E-state index in [9.17, 15) is 19.1 Å². The Balaban J connectivity index is 1.84. The fourth-order valence-electron chi connectivity index (χ4n) is 3.37. The summed E-state index contributed by atoms with van der Waals surface area (Å²) in [5.41, 5.74) is 0.434. The Morgan fingerprint density at radius 2 is 1.88 bits per heavy atom. The quantitative estimate of drug-likeness (QED) is 0.843. The van der Waals surface area contributed by atoms with Gasteiger partial charge in [0.1, 0.15) is 17.1 Å². The standard InChI is InChI=1S/C19H21FN2O4/c1-11(21-18(23)13-5-3-2-4-6-13)17-15(19(24)25)16(22-26-17)12-7-9-14(20)10-8-12/h7-11,13H,2-6H2,1H3,(H,21,23)(H,24,25)/t11-/m1/s1. The second kappa shape index (κ2) is 7.68. The van der Waals surface area contributed by atoms with E-state index in [-0.39, 0.29) is 28.8 Å². The van der Waals surface area contributed by atoms with Gasteiger partial charge in [-0.05, 0) is 44.0 Å². The molecule has 1 aliphatic rings. The molecule has 1 heterocycles. The van der Waals surface area contributed by atoms with Gasteiger partial charge in [0.15, 0.2) is 5.76 Å². The predicted octanol–water partition coefficient (Wildman–Crippen LogP) is 3.94. The van der Waals surface area contributed by atoms with E-state index in [1.807, 2.05) is 0 Å². The van der Waals surface area contributed by atoms with E-state index in [0.29, 0.717) is 5.56 Å². The Hall–Kier alpha value is -2.70. The smallest absolute Gasteiger partial charge is 0.341 e. The van der Waals surface area contributed by atoms with E-state index in [0.717, 1.165) is 32.1 Å². The van der Waals surface area contributed by atoms with Crippen LogP contribution in [-0.4, -0.2) is 22.1 Å². The minimum absolute atomic E-state index is 0.0426. The lowest BCUT2D eigenvalue weighted by Crippen LogP contribution is -2.34. The molecule has 1 saturated carbocycles. The molecule has 138 valence electrons. The fraction of sp³-hybridized carbons (Fsp3) is 0.421. The summed E-state index contributed by atoms with van der Waals surface area (Å²) < 4.78 is 18.4. The van der Waals surface area contributed by atoms with Crippen LogP contribution in [0.25, 0.3) is 11.3 Å². The lowest BCUT2D eigenvalue weighted by Gasteiger charge is -2.22. The third-order valence-corrected chi connectivity index (χ3v) is 4.78. The molecule has 6 nitrogen and oxygen atoms in total. The summed E-state index contributed by atoms with van der Waals surface area (Å²) in [7, 11) is 0. The number of carbonyl (C=O) groups excluding carboxylic acids is 1. The van der Waals surface area contributed by atoms with Gasteiger partial charge in [-0.1, -0.05) is 24.4 Å². The number of aromatic carboxylic acids is 1. The first-order chi connectivity index (χ1) is 12.5. The zero-order valence-corrected chi connectivity index (χ0v) is 14.5. The molecule has 1 atom stereocenters. The minimum atomic E-state index is -1.21. The molecule has 1 aromatic carbocycles. The van der Waals surface area contributed by atoms with E-state index >= 15 is 0 Å². The van der Waals surface area contributed by atoms with Gasteiger partial charge < -0.3 is 14.9 Å². The molecular formula is C19H21FN2O4. The molecular weight excluding hydrogens is 339 g/mol. The number of carboxylic acid groups (broad SMARTS) is 1. The van der Waals surface area contributed by atoms with Gasteiger partial charge >= 0.3 is 5.97 Å². The van der Waals surface area contributed by atoms with E-state index < -0.39 is 17.8 Å². The van der Waals surface area contributed by atoms with Gasteiger partial charge in [-0.2, -0.15) is 0 Å². The number of hydrogen-bond donors (Lipinski definition) is 2. The molecule has 0 saturated heterocycles. The summed E-state index contributed by atoms with van der Waals surface area (Å²) >= 11 is 0. The molecule has 1 amide bonds. The molecule has 7 heteroatoms. The number of halogens is 1. The molecule has 0 spiro atoms. The molecule has 26 heavy (non-hydrogen) atoms. The molecule has 1 aliphatic carbocycles. The fourth-order valence-corrected chi connectivity index (χ4v) is 3.37. The van der Waals surface area contributed by atoms with Crippen molar-refractivity contribution in [1.29, 1.82) is 0 Å². The number of benzene rings is 1. The van der Waals surface area contributed by atoms with Crippen molar-refractivity contribution in [3.05, 3.63) is 41.4 Å². The first-order valence-corrected chi connectivity index (χ1v) is 8.76. The summed E-state index contributed by atoms with van der Waals surface area (Å²) in [6.07, 6.45) is 4.91. The maximum absolute atomic E-state index is 13.1. The Bertz CT molecular complexity index is 794. The van der Waals surface area contributed by atoms with E-state index in [2.05, 4.69) is 10.5 Å². The Labute approximate surface area is 150 Å². The molecule has 0 bridgehead atoms. The van der Waals surface area contributed by atoms with Crippen LogP contribution in [0.1, 0.15) is 61.2 Å². The van der Waals surface area contributed by atoms with Crippen molar-refractivity contribution in [1.82, 2.24) is 10.5 Å². The van der Waals surface area contributed by atoms with Crippen LogP contribution in [0.15, 0.2) is 28.8 Å². The number of carbonyl (C=O) groups is 2. The second-order valence-corrected chi connectivity index (χ2v) is 6.65. The molecule has 3 rings (SSSR count). The van der Waals surface area contributed by atoms with Gasteiger partial charge in [-0.3, -0.25) is 4.79 Å². The van der Waals surface area contributed by atoms with Gasteiger partial charge in [-0.25, -0.2) is 9.18 Å². The SMILES string of the molecule is C[C@@H](NC(=O)C1CCCCC1)c1onc(-c2ccc(F)cc2)c1C(=O)O. The van der Waals surface area contributed by atoms with Crippen LogP contribution < -0.4 is 5.32 Å². The highest BCUT2D eigenvalue weighted by Gasteiger charge is 2.30. The predicted molar refractivity (Wildman–Crippen MR) is 92.0 cm³/mol. The molecule has 1 aromatic heterocycles. The van der Waals surface area contributed by atoms with E-state index in [1.54, 1.807) is 6.92 Å². The van der Waals surface area contributed by atoms with Crippen LogP contribution in [-0.2, 0) is 4.79 Å². The molecule has 0 radical (unpaired) electrons. The van der Waals surface area contributed by atoms with Crippen molar-refractivity contribution in [2.75, 3.05) is 0 Å². The van der Waals surface area contributed by atoms with Gasteiger partial charge in [0, 0.05) is 11.5 Å². The van der Waals surface area contributed by atoms with Crippen LogP contribution in [0, 0.1) is 11.7 Å². The van der Waals surface area contributed by atoms with Crippen molar-refractivity contribution >= 4 is 11.9 Å². The van der Waals surface area contributed by atoms with Crippen molar-refractivity contribution in [2.45, 2.75) is 45.1 Å². The average molecular weight is 360 g/mol. The van der Waals surface area contributed by atoms with Crippen molar-refractivity contribution in [3.63, 3.8) is 0 Å². The van der Waals surface area contributed by atoms with Crippen molar-refractivity contribution in [2.24, 2.45) is 5.92 Å². The highest BCUT2D eigenvalue weighted by atomic mass is 19.1. The summed E-state index contributed by atoms with van der Waals surface area (Å²) in [5, 5.41) is 16.3. The molecule has 1 fully saturated rings. The summed E-state index contributed by atoms with van der Waals surface area (Å²) in [4.78, 5) is 24.2. The van der Waals surface area contributed by atoms with Gasteiger partial charge in [0.2, 0.25) is 5.91 Å². The van der Waals surface area contributed by atoms with Crippen LogP contribution in [0.4, 0.5) is 4.39 Å². The Morgan fingerprint density at radius 1 is 1.23 bits per heavy atom. The zero-order chi connectivity index (χ0) is 18.7. The molecule has 2 N–H and O–H groups in total. The number of aromatic nitrogens is 1. The number of nitrogens with one attached hydrogen (secondary N) is 1. The highest BCUT2D eigenvalue weighted by molar-refractivity contribution is 5.96. The normalized spacial score (nSPS) is 16.2. The maximum atomic E-state index is 13.1. The van der Waals surface area contributed by atoms with Crippen LogP contribution >= 0.6 is 0 Å². The molecule has 2 aromatic rings. The van der Waals surface area contributed by atoms with Gasteiger partial charge in [-0.15, -0.1) is 0 Å². The van der Waals surface area contributed by atoms with Crippen molar-refractivity contribution < 1.29 is 23.6 Å². The summed E-state index contributed by atoms with van der Waals surface area (Å²) in [6.45, 7) is 1.67. The number of carboxylic acids is 1. The number of nitrogens with zero attached hydrogens (tertiary/aromatic N) is 1. The van der Waals surface area contributed by atoms with Crippen molar-refractivity contribution in [3.8, 4) is 11.3 Å². The first-order valence-electron chi connectivity index (χ1n) is 8.76. The highest BCUT2D eigenvalue weighted by Crippen LogP contribution is 2.30. The average Bonchev–Trinajstić information content (AvgIpc) is 3.08. The number of rotatable bonds is 5. The molecule has 0 unspecified atom stereocenters. The summed E-state index contributed by atoms with van der Waals surface area (Å²) in [6, 6.07) is 4.70. The monoisotopic (exact) mass is 360 g/mol. The topological polar surface area (TPSA) is 92.4 Å². The van der Waals surface area contributed by atoms with Gasteiger partial charge in [0.05, 0.1) is 6.04 Å². The summed E-state index contributed by atoms with van der Waals surface area (Å²) in [5.74, 6) is -1.69. The largest absolute Gasteiger partial charge is 0.477 e. The van der Waals surface area contributed by atoms with E-state index in [4.69, 9.17) is 4.52 Å². The number of hydrogen-bond acceptors (Lipinski definition) is 4. The zero-order valence-electron chi connectivity index (χ0n) is 14.5. The van der Waals surface area contributed by atoms with Crippen LogP contribution in [0.3, 0.4) is 0 Å². The maximum Gasteiger partial charge on any atom is 0.341 e. The van der Waals surface area contributed by atoms with Crippen LogP contribution in [0.5, 0.6) is 0 Å². The molecule has 0 aliphatic heterocycles. The lowest BCUT2D eigenvalue weighted by atomic mass is 9.88. The Kier molecular flexibility index (Phi) is 5.35. The third-order valence-electron chi connectivity index (χ3n) is 4.78. The van der Waals surface area contributed by atoms with E-state index in [1.165, 1.54) is 24.3 Å². The third kappa shape index (κ3) is 3.76. The lowest BCUT2D eigenvalue weighted by molar-refractivity contribution is -0.126. The number of amides is 1. The Morgan fingerprint density at radius 3 is 2.50 bits per heavy atom. The second-order valence-electron chi connectivity index (χ2n) is 6.65. The first kappa shape index (κ1) is 18.1. The minimum Gasteiger partial charge on any atom is -0.477 e.